The van der Waals surface area contributed by atoms with Crippen molar-refractivity contribution in [3.63, 3.8) is 0 Å². The number of hydrogen-bond donors (Lipinski definition) is 1. The Morgan fingerprint density at radius 3 is 2.62 bits per heavy atom. The maximum atomic E-state index is 12.2. The van der Waals surface area contributed by atoms with Gasteiger partial charge in [-0.1, -0.05) is 24.3 Å². The Morgan fingerprint density at radius 2 is 2.05 bits per heavy atom. The van der Waals surface area contributed by atoms with Crippen LogP contribution in [0.2, 0.25) is 0 Å². The van der Waals surface area contributed by atoms with E-state index in [-0.39, 0.29) is 12.0 Å². The quantitative estimate of drug-likeness (QED) is 0.745. The van der Waals surface area contributed by atoms with Crippen molar-refractivity contribution in [2.75, 3.05) is 12.4 Å². The van der Waals surface area contributed by atoms with Crippen molar-refractivity contribution in [2.24, 2.45) is 0 Å². The van der Waals surface area contributed by atoms with E-state index in [4.69, 9.17) is 4.74 Å². The molecule has 0 amide bonds. The van der Waals surface area contributed by atoms with Gasteiger partial charge in [0.2, 0.25) is 0 Å². The van der Waals surface area contributed by atoms with Crippen LogP contribution >= 0.6 is 11.8 Å². The zero-order chi connectivity index (χ0) is 15.9. The molecule has 1 N–H and O–H groups in total. The molecular formula is C17H27NO2S. The van der Waals surface area contributed by atoms with E-state index in [2.05, 4.69) is 30.4 Å². The Hall–Kier alpha value is -1.00. The minimum absolute atomic E-state index is 0.170. The molecule has 1 aromatic carbocycles. The van der Waals surface area contributed by atoms with Gasteiger partial charge in [-0.3, -0.25) is 10.1 Å². The number of thioether (sulfide) groups is 1. The third-order valence-corrected chi connectivity index (χ3v) is 4.54. The number of carbonyl (C=O) groups excluding carboxylic acids is 1. The van der Waals surface area contributed by atoms with Gasteiger partial charge in [0.25, 0.3) is 0 Å². The molecular weight excluding hydrogens is 282 g/mol. The monoisotopic (exact) mass is 309 g/mol. The second-order valence-corrected chi connectivity index (χ2v) is 6.76. The zero-order valence-electron chi connectivity index (χ0n) is 13.7. The molecule has 1 aromatic rings. The number of hydrogen-bond acceptors (Lipinski definition) is 4. The second kappa shape index (κ2) is 8.44. The summed E-state index contributed by atoms with van der Waals surface area (Å²) in [6.07, 6.45) is 0. The Labute approximate surface area is 132 Å². The third kappa shape index (κ3) is 5.71. The number of carbonyl (C=O) groups is 1. The summed E-state index contributed by atoms with van der Waals surface area (Å²) in [5.74, 6) is 1.43. The highest BCUT2D eigenvalue weighted by Crippen LogP contribution is 2.21. The first-order valence-electron chi connectivity index (χ1n) is 7.46. The third-order valence-electron chi connectivity index (χ3n) is 3.24. The highest BCUT2D eigenvalue weighted by atomic mass is 32.2. The Bertz CT molecular complexity index is 462. The van der Waals surface area contributed by atoms with Crippen molar-refractivity contribution in [3.8, 4) is 0 Å². The summed E-state index contributed by atoms with van der Waals surface area (Å²) in [7, 11) is 0. The molecule has 0 aliphatic rings. The van der Waals surface area contributed by atoms with Crippen LogP contribution in [0.5, 0.6) is 0 Å². The van der Waals surface area contributed by atoms with E-state index >= 15 is 0 Å². The summed E-state index contributed by atoms with van der Waals surface area (Å²) in [5, 5.41) is 3.35. The van der Waals surface area contributed by atoms with Crippen molar-refractivity contribution >= 4 is 17.7 Å². The van der Waals surface area contributed by atoms with Gasteiger partial charge in [0.15, 0.2) is 0 Å². The number of ether oxygens (including phenoxy) is 1. The first-order valence-corrected chi connectivity index (χ1v) is 8.61. The summed E-state index contributed by atoms with van der Waals surface area (Å²) in [6.45, 7) is 10.4. The summed E-state index contributed by atoms with van der Waals surface area (Å²) in [4.78, 5) is 12.2. The molecule has 0 aliphatic carbocycles. The van der Waals surface area contributed by atoms with Gasteiger partial charge >= 0.3 is 5.97 Å². The SMILES string of the molecule is CCOC(=O)C(C)(CSCc1ccccc1C)NC(C)C. The highest BCUT2D eigenvalue weighted by molar-refractivity contribution is 7.98. The predicted molar refractivity (Wildman–Crippen MR) is 90.7 cm³/mol. The number of esters is 1. The Kier molecular flexibility index (Phi) is 7.26. The fourth-order valence-corrected chi connectivity index (χ4v) is 3.48. The first kappa shape index (κ1) is 18.1. The standard InChI is InChI=1S/C17H27NO2S/c1-6-20-16(19)17(5,18-13(2)3)12-21-11-15-10-8-7-9-14(15)4/h7-10,13,18H,6,11-12H2,1-5H3. The summed E-state index contributed by atoms with van der Waals surface area (Å²) in [5.41, 5.74) is 1.97. The molecule has 0 aromatic heterocycles. The average molecular weight is 309 g/mol. The van der Waals surface area contributed by atoms with Gasteiger partial charge < -0.3 is 4.74 Å². The lowest BCUT2D eigenvalue weighted by Gasteiger charge is -2.30. The van der Waals surface area contributed by atoms with Crippen LogP contribution in [0.15, 0.2) is 24.3 Å². The van der Waals surface area contributed by atoms with Crippen molar-refractivity contribution in [3.05, 3.63) is 35.4 Å². The van der Waals surface area contributed by atoms with E-state index in [1.165, 1.54) is 11.1 Å². The van der Waals surface area contributed by atoms with E-state index in [0.717, 1.165) is 5.75 Å². The molecule has 0 saturated carbocycles. The number of rotatable bonds is 8. The minimum atomic E-state index is -0.641. The van der Waals surface area contributed by atoms with Crippen LogP contribution in [0.4, 0.5) is 0 Å². The number of benzene rings is 1. The lowest BCUT2D eigenvalue weighted by Crippen LogP contribution is -2.55. The minimum Gasteiger partial charge on any atom is -0.465 e. The van der Waals surface area contributed by atoms with Gasteiger partial charge in [0.05, 0.1) is 6.61 Å². The molecule has 1 atom stereocenters. The van der Waals surface area contributed by atoms with Gasteiger partial charge in [-0.15, -0.1) is 0 Å². The lowest BCUT2D eigenvalue weighted by atomic mass is 10.0. The molecule has 4 heteroatoms. The maximum absolute atomic E-state index is 12.2. The fraction of sp³-hybridized carbons (Fsp3) is 0.588. The van der Waals surface area contributed by atoms with Crippen LogP contribution in [0.25, 0.3) is 0 Å². The van der Waals surface area contributed by atoms with Crippen molar-refractivity contribution < 1.29 is 9.53 Å². The first-order chi connectivity index (χ1) is 9.89. The van der Waals surface area contributed by atoms with E-state index in [9.17, 15) is 4.79 Å². The van der Waals surface area contributed by atoms with Gasteiger partial charge in [0, 0.05) is 17.5 Å². The van der Waals surface area contributed by atoms with E-state index in [1.807, 2.05) is 33.8 Å². The molecule has 0 aliphatic heterocycles. The van der Waals surface area contributed by atoms with Gasteiger partial charge in [-0.25, -0.2) is 0 Å². The molecule has 3 nitrogen and oxygen atoms in total. The molecule has 1 unspecified atom stereocenters. The van der Waals surface area contributed by atoms with Gasteiger partial charge in [0.1, 0.15) is 5.54 Å². The summed E-state index contributed by atoms with van der Waals surface area (Å²) < 4.78 is 5.22. The van der Waals surface area contributed by atoms with Crippen molar-refractivity contribution in [1.82, 2.24) is 5.32 Å². The van der Waals surface area contributed by atoms with E-state index in [1.54, 1.807) is 11.8 Å². The van der Waals surface area contributed by atoms with Crippen LogP contribution in [0.3, 0.4) is 0 Å². The zero-order valence-corrected chi connectivity index (χ0v) is 14.5. The summed E-state index contributed by atoms with van der Waals surface area (Å²) >= 11 is 1.76. The highest BCUT2D eigenvalue weighted by Gasteiger charge is 2.35. The smallest absolute Gasteiger partial charge is 0.326 e. The van der Waals surface area contributed by atoms with Crippen LogP contribution in [-0.4, -0.2) is 29.9 Å². The van der Waals surface area contributed by atoms with Crippen molar-refractivity contribution in [1.29, 1.82) is 0 Å². The average Bonchev–Trinajstić information content (AvgIpc) is 2.40. The molecule has 0 spiro atoms. The normalized spacial score (nSPS) is 14.0. The van der Waals surface area contributed by atoms with Crippen LogP contribution in [-0.2, 0) is 15.3 Å². The van der Waals surface area contributed by atoms with Crippen LogP contribution < -0.4 is 5.32 Å². The molecule has 0 saturated heterocycles. The van der Waals surface area contributed by atoms with Gasteiger partial charge in [-0.2, -0.15) is 11.8 Å². The van der Waals surface area contributed by atoms with E-state index in [0.29, 0.717) is 12.4 Å². The molecule has 0 bridgehead atoms. The molecule has 21 heavy (non-hydrogen) atoms. The van der Waals surface area contributed by atoms with Crippen LogP contribution in [0.1, 0.15) is 38.8 Å². The second-order valence-electron chi connectivity index (χ2n) is 5.77. The molecule has 118 valence electrons. The largest absolute Gasteiger partial charge is 0.465 e. The molecule has 0 heterocycles. The Balaban J connectivity index is 2.65. The van der Waals surface area contributed by atoms with E-state index < -0.39 is 5.54 Å². The molecule has 0 fully saturated rings. The lowest BCUT2D eigenvalue weighted by molar-refractivity contribution is -0.149. The number of aryl methyl sites for hydroxylation is 1. The Morgan fingerprint density at radius 1 is 1.38 bits per heavy atom. The van der Waals surface area contributed by atoms with Crippen LogP contribution in [0, 0.1) is 6.92 Å². The summed E-state index contributed by atoms with van der Waals surface area (Å²) in [6, 6.07) is 8.59. The van der Waals surface area contributed by atoms with Crippen molar-refractivity contribution in [2.45, 2.75) is 52.0 Å². The molecule has 0 radical (unpaired) electrons. The molecule has 1 rings (SSSR count). The fourth-order valence-electron chi connectivity index (χ4n) is 2.22. The topological polar surface area (TPSA) is 38.3 Å². The predicted octanol–water partition coefficient (Wildman–Crippen LogP) is 3.55. The maximum Gasteiger partial charge on any atom is 0.326 e. The number of nitrogens with one attached hydrogen (secondary N) is 1. The van der Waals surface area contributed by atoms with Gasteiger partial charge in [-0.05, 0) is 45.7 Å².